The molecule has 3 aromatic carbocycles. The fourth-order valence-electron chi connectivity index (χ4n) is 3.86. The van der Waals surface area contributed by atoms with Crippen LogP contribution < -0.4 is 5.32 Å². The molecule has 7 nitrogen and oxygen atoms in total. The standard InChI is InChI=1S/C23H22N2O5S2/c26-22(27)11-15-5-8-18(9-6-15)24-23(28)21-13-19(31)14-25(21)32(29,30)20-10-7-16-3-1-2-4-17(16)12-20/h1-10,12,19,21,31H,11,13-14H2,(H,24,28)(H,26,27). The number of aliphatic carboxylic acids is 1. The molecule has 0 aromatic heterocycles. The summed E-state index contributed by atoms with van der Waals surface area (Å²) < 4.78 is 28.0. The summed E-state index contributed by atoms with van der Waals surface area (Å²) in [7, 11) is -3.91. The number of nitrogens with one attached hydrogen (secondary N) is 1. The van der Waals surface area contributed by atoms with Crippen LogP contribution >= 0.6 is 12.6 Å². The molecule has 0 saturated carbocycles. The minimum atomic E-state index is -3.91. The van der Waals surface area contributed by atoms with E-state index in [1.54, 1.807) is 42.5 Å². The first kappa shape index (κ1) is 22.3. The van der Waals surface area contributed by atoms with E-state index >= 15 is 0 Å². The molecule has 0 aliphatic carbocycles. The van der Waals surface area contributed by atoms with Gasteiger partial charge in [-0.05, 0) is 47.0 Å². The number of thiol groups is 1. The van der Waals surface area contributed by atoms with Crippen LogP contribution in [0.5, 0.6) is 0 Å². The summed E-state index contributed by atoms with van der Waals surface area (Å²) in [6, 6.07) is 17.9. The minimum Gasteiger partial charge on any atom is -0.481 e. The topological polar surface area (TPSA) is 104 Å². The van der Waals surface area contributed by atoms with Crippen molar-refractivity contribution in [2.45, 2.75) is 29.0 Å². The minimum absolute atomic E-state index is 0.115. The van der Waals surface area contributed by atoms with Gasteiger partial charge in [-0.3, -0.25) is 9.59 Å². The lowest BCUT2D eigenvalue weighted by Crippen LogP contribution is -2.43. The van der Waals surface area contributed by atoms with E-state index in [2.05, 4.69) is 17.9 Å². The van der Waals surface area contributed by atoms with Crippen molar-refractivity contribution in [1.82, 2.24) is 4.31 Å². The second-order valence-corrected chi connectivity index (χ2v) is 10.4. The highest BCUT2D eigenvalue weighted by atomic mass is 32.2. The van der Waals surface area contributed by atoms with Crippen LogP contribution in [-0.4, -0.2) is 47.5 Å². The maximum Gasteiger partial charge on any atom is 0.307 e. The lowest BCUT2D eigenvalue weighted by molar-refractivity contribution is -0.136. The molecule has 0 radical (unpaired) electrons. The third-order valence-corrected chi connectivity index (χ3v) is 7.69. The number of benzene rings is 3. The number of carbonyl (C=O) groups excluding carboxylic acids is 1. The molecule has 9 heteroatoms. The monoisotopic (exact) mass is 470 g/mol. The van der Waals surface area contributed by atoms with Gasteiger partial charge < -0.3 is 10.4 Å². The van der Waals surface area contributed by atoms with Gasteiger partial charge in [0.15, 0.2) is 0 Å². The number of sulfonamides is 1. The molecule has 1 amide bonds. The van der Waals surface area contributed by atoms with Crippen molar-refractivity contribution in [1.29, 1.82) is 0 Å². The molecular formula is C23H22N2O5S2. The van der Waals surface area contributed by atoms with Gasteiger partial charge in [-0.1, -0.05) is 42.5 Å². The second kappa shape index (κ2) is 8.93. The van der Waals surface area contributed by atoms with E-state index in [0.29, 0.717) is 17.7 Å². The Balaban J connectivity index is 1.56. The predicted molar refractivity (Wildman–Crippen MR) is 125 cm³/mol. The van der Waals surface area contributed by atoms with E-state index in [1.165, 1.54) is 4.31 Å². The number of anilines is 1. The lowest BCUT2D eigenvalue weighted by Gasteiger charge is -2.23. The normalized spacial score (nSPS) is 19.2. The number of carboxylic acid groups (broad SMARTS) is 1. The van der Waals surface area contributed by atoms with Crippen molar-refractivity contribution in [2.75, 3.05) is 11.9 Å². The molecule has 0 spiro atoms. The summed E-state index contributed by atoms with van der Waals surface area (Å²) >= 11 is 4.44. The summed E-state index contributed by atoms with van der Waals surface area (Å²) in [4.78, 5) is 23.9. The first-order valence-corrected chi connectivity index (χ1v) is 12.0. The number of fused-ring (bicyclic) bond motifs is 1. The Morgan fingerprint density at radius 3 is 2.41 bits per heavy atom. The van der Waals surface area contributed by atoms with Gasteiger partial charge in [-0.2, -0.15) is 16.9 Å². The molecule has 4 rings (SSSR count). The number of hydrogen-bond donors (Lipinski definition) is 3. The zero-order chi connectivity index (χ0) is 22.9. The quantitative estimate of drug-likeness (QED) is 0.480. The van der Waals surface area contributed by atoms with E-state index in [0.717, 1.165) is 10.8 Å². The van der Waals surface area contributed by atoms with Crippen LogP contribution in [0.1, 0.15) is 12.0 Å². The van der Waals surface area contributed by atoms with Crippen LogP contribution in [-0.2, 0) is 26.0 Å². The van der Waals surface area contributed by atoms with Gasteiger partial charge in [0.25, 0.3) is 0 Å². The molecule has 32 heavy (non-hydrogen) atoms. The number of amides is 1. The third kappa shape index (κ3) is 4.64. The Labute approximate surface area is 191 Å². The molecular weight excluding hydrogens is 448 g/mol. The van der Waals surface area contributed by atoms with Crippen molar-refractivity contribution in [3.63, 3.8) is 0 Å². The molecule has 166 valence electrons. The van der Waals surface area contributed by atoms with Gasteiger partial charge in [0.2, 0.25) is 15.9 Å². The van der Waals surface area contributed by atoms with Crippen LogP contribution in [0.2, 0.25) is 0 Å². The van der Waals surface area contributed by atoms with Gasteiger partial charge in [-0.15, -0.1) is 0 Å². The zero-order valence-electron chi connectivity index (χ0n) is 17.0. The van der Waals surface area contributed by atoms with E-state index in [1.807, 2.05) is 24.3 Å². The number of carbonyl (C=O) groups is 2. The van der Waals surface area contributed by atoms with Gasteiger partial charge >= 0.3 is 5.97 Å². The maximum atomic E-state index is 13.4. The first-order valence-electron chi connectivity index (χ1n) is 10.0. The van der Waals surface area contributed by atoms with E-state index in [4.69, 9.17) is 5.11 Å². The molecule has 2 unspecified atom stereocenters. The highest BCUT2D eigenvalue weighted by Gasteiger charge is 2.43. The summed E-state index contributed by atoms with van der Waals surface area (Å²) in [6.45, 7) is 0.133. The average Bonchev–Trinajstić information content (AvgIpc) is 3.17. The second-order valence-electron chi connectivity index (χ2n) is 7.75. The number of hydrogen-bond acceptors (Lipinski definition) is 5. The van der Waals surface area contributed by atoms with E-state index < -0.39 is 27.9 Å². The molecule has 2 N–H and O–H groups in total. The number of carboxylic acids is 1. The third-order valence-electron chi connectivity index (χ3n) is 5.44. The highest BCUT2D eigenvalue weighted by Crippen LogP contribution is 2.31. The van der Waals surface area contributed by atoms with Gasteiger partial charge in [-0.25, -0.2) is 8.42 Å². The molecule has 1 aliphatic rings. The highest BCUT2D eigenvalue weighted by molar-refractivity contribution is 7.89. The molecule has 3 aromatic rings. The number of rotatable bonds is 6. The fourth-order valence-corrected chi connectivity index (χ4v) is 6.02. The Hall–Kier alpha value is -2.88. The zero-order valence-corrected chi connectivity index (χ0v) is 18.7. The lowest BCUT2D eigenvalue weighted by atomic mass is 10.1. The average molecular weight is 471 g/mol. The van der Waals surface area contributed by atoms with Crippen molar-refractivity contribution in [3.05, 3.63) is 72.3 Å². The van der Waals surface area contributed by atoms with Crippen molar-refractivity contribution < 1.29 is 23.1 Å². The van der Waals surface area contributed by atoms with Crippen molar-refractivity contribution in [3.8, 4) is 0 Å². The Kier molecular flexibility index (Phi) is 6.23. The van der Waals surface area contributed by atoms with Crippen LogP contribution in [0.25, 0.3) is 10.8 Å². The van der Waals surface area contributed by atoms with Crippen LogP contribution in [0, 0.1) is 0 Å². The fraction of sp³-hybridized carbons (Fsp3) is 0.217. The van der Waals surface area contributed by atoms with Crippen LogP contribution in [0.15, 0.2) is 71.6 Å². The summed E-state index contributed by atoms with van der Waals surface area (Å²) in [5.74, 6) is -1.39. The SMILES string of the molecule is O=C(O)Cc1ccc(NC(=O)C2CC(S)CN2S(=O)(=O)c2ccc3ccccc3c2)cc1. The maximum absolute atomic E-state index is 13.4. The molecule has 1 aliphatic heterocycles. The smallest absolute Gasteiger partial charge is 0.307 e. The molecule has 2 atom stereocenters. The Bertz CT molecular complexity index is 1280. The van der Waals surface area contributed by atoms with E-state index in [-0.39, 0.29) is 23.1 Å². The van der Waals surface area contributed by atoms with Gasteiger partial charge in [0.05, 0.1) is 11.3 Å². The molecule has 1 fully saturated rings. The van der Waals surface area contributed by atoms with Gasteiger partial charge in [0, 0.05) is 17.5 Å². The summed E-state index contributed by atoms with van der Waals surface area (Å²) in [5, 5.41) is 13.1. The first-order chi connectivity index (χ1) is 15.2. The largest absolute Gasteiger partial charge is 0.481 e. The Morgan fingerprint density at radius 2 is 1.72 bits per heavy atom. The van der Waals surface area contributed by atoms with Crippen LogP contribution in [0.3, 0.4) is 0 Å². The van der Waals surface area contributed by atoms with Crippen molar-refractivity contribution in [2.24, 2.45) is 0 Å². The van der Waals surface area contributed by atoms with Crippen molar-refractivity contribution >= 4 is 51.0 Å². The number of nitrogens with zero attached hydrogens (tertiary/aromatic N) is 1. The summed E-state index contributed by atoms with van der Waals surface area (Å²) in [5.41, 5.74) is 1.07. The van der Waals surface area contributed by atoms with E-state index in [9.17, 15) is 18.0 Å². The molecule has 1 saturated heterocycles. The molecule has 0 bridgehead atoms. The predicted octanol–water partition coefficient (Wildman–Crippen LogP) is 3.17. The summed E-state index contributed by atoms with van der Waals surface area (Å²) in [6.07, 6.45) is 0.175. The molecule has 1 heterocycles. The van der Waals surface area contributed by atoms with Gasteiger partial charge in [0.1, 0.15) is 6.04 Å². The van der Waals surface area contributed by atoms with Crippen LogP contribution in [0.4, 0.5) is 5.69 Å². The Morgan fingerprint density at radius 1 is 1.03 bits per heavy atom.